The maximum Gasteiger partial charge on any atom is 0.407 e. The summed E-state index contributed by atoms with van der Waals surface area (Å²) in [5.41, 5.74) is 0.459. The van der Waals surface area contributed by atoms with E-state index in [9.17, 15) is 14.4 Å². The molecule has 0 unspecified atom stereocenters. The monoisotopic (exact) mass is 559 g/mol. The lowest BCUT2D eigenvalue weighted by atomic mass is 10.1. The Morgan fingerprint density at radius 3 is 2.00 bits per heavy atom. The molecule has 0 radical (unpaired) electrons. The summed E-state index contributed by atoms with van der Waals surface area (Å²) in [6.45, 7) is 7.68. The highest BCUT2D eigenvalue weighted by Gasteiger charge is 2.34. The molecule has 178 valence electrons. The Morgan fingerprint density at radius 2 is 1.47 bits per heavy atom. The van der Waals surface area contributed by atoms with Gasteiger partial charge in [0.2, 0.25) is 0 Å². The topological polar surface area (TPSA) is 112 Å². The number of halogens is 1. The Hall–Kier alpha value is -2.37. The van der Waals surface area contributed by atoms with Crippen LogP contribution < -0.4 is 16.0 Å². The number of benzene rings is 1. The summed E-state index contributed by atoms with van der Waals surface area (Å²) in [5.74, 6) is 0.232. The van der Waals surface area contributed by atoms with Crippen molar-refractivity contribution >= 4 is 47.8 Å². The summed E-state index contributed by atoms with van der Waals surface area (Å²) in [6.07, 6.45) is 1.79. The Morgan fingerprint density at radius 1 is 0.938 bits per heavy atom. The summed E-state index contributed by atoms with van der Waals surface area (Å²) >= 11 is 0. The molecular weight excluding hydrogens is 525 g/mol. The lowest BCUT2D eigenvalue weighted by Gasteiger charge is -2.19. The summed E-state index contributed by atoms with van der Waals surface area (Å²) in [4.78, 5) is 41.7. The number of alkyl carbamates (subject to hydrolysis) is 1. The molecule has 3 amide bonds. The summed E-state index contributed by atoms with van der Waals surface area (Å²) < 4.78 is 5.18. The SMILES string of the molecule is CN=C(NCCCCN1C(=O)c2ccccc2C1=O)NCCCNC(=O)OC(C)(C)C.I. The Kier molecular flexibility index (Phi) is 11.4. The molecule has 0 atom stereocenters. The molecule has 0 aromatic heterocycles. The normalized spacial score (nSPS) is 13.4. The molecule has 1 aliphatic heterocycles. The zero-order valence-corrected chi connectivity index (χ0v) is 21.5. The van der Waals surface area contributed by atoms with Crippen LogP contribution in [0, 0.1) is 0 Å². The van der Waals surface area contributed by atoms with Gasteiger partial charge in [0.15, 0.2) is 5.96 Å². The quantitative estimate of drug-likeness (QED) is 0.141. The van der Waals surface area contributed by atoms with Gasteiger partial charge < -0.3 is 20.7 Å². The third-order valence-electron chi connectivity index (χ3n) is 4.52. The molecular formula is C22H34IN5O4. The molecule has 0 spiro atoms. The average Bonchev–Trinajstić information content (AvgIpc) is 2.95. The van der Waals surface area contributed by atoms with Crippen LogP contribution in [-0.2, 0) is 4.74 Å². The third-order valence-corrected chi connectivity index (χ3v) is 4.52. The van der Waals surface area contributed by atoms with Crippen molar-refractivity contribution < 1.29 is 19.1 Å². The number of ether oxygens (including phenoxy) is 1. The van der Waals surface area contributed by atoms with E-state index >= 15 is 0 Å². The van der Waals surface area contributed by atoms with E-state index in [1.54, 1.807) is 31.3 Å². The number of nitrogens with zero attached hydrogens (tertiary/aromatic N) is 2. The molecule has 1 aromatic carbocycles. The van der Waals surface area contributed by atoms with E-state index in [-0.39, 0.29) is 35.8 Å². The van der Waals surface area contributed by atoms with E-state index in [0.29, 0.717) is 49.7 Å². The molecule has 0 aliphatic carbocycles. The van der Waals surface area contributed by atoms with Crippen molar-refractivity contribution in [1.82, 2.24) is 20.9 Å². The van der Waals surface area contributed by atoms with Gasteiger partial charge in [-0.25, -0.2) is 4.79 Å². The molecule has 32 heavy (non-hydrogen) atoms. The van der Waals surface area contributed by atoms with E-state index in [0.717, 1.165) is 12.8 Å². The molecule has 0 bridgehead atoms. The van der Waals surface area contributed by atoms with Crippen LogP contribution in [-0.4, -0.2) is 67.6 Å². The van der Waals surface area contributed by atoms with Crippen molar-refractivity contribution in [3.63, 3.8) is 0 Å². The number of carbonyl (C=O) groups is 3. The first kappa shape index (κ1) is 27.7. The second-order valence-corrected chi connectivity index (χ2v) is 8.22. The number of rotatable bonds is 9. The van der Waals surface area contributed by atoms with Gasteiger partial charge in [0.1, 0.15) is 5.60 Å². The van der Waals surface area contributed by atoms with Crippen molar-refractivity contribution in [3.05, 3.63) is 35.4 Å². The van der Waals surface area contributed by atoms with Crippen LogP contribution >= 0.6 is 24.0 Å². The number of fused-ring (bicyclic) bond motifs is 1. The first-order valence-electron chi connectivity index (χ1n) is 10.6. The molecule has 2 rings (SSSR count). The van der Waals surface area contributed by atoms with Crippen LogP contribution in [0.15, 0.2) is 29.3 Å². The van der Waals surface area contributed by atoms with Crippen molar-refractivity contribution in [2.45, 2.75) is 45.6 Å². The average molecular weight is 559 g/mol. The van der Waals surface area contributed by atoms with E-state index in [1.807, 2.05) is 20.8 Å². The van der Waals surface area contributed by atoms with Crippen LogP contribution in [0.4, 0.5) is 4.79 Å². The molecule has 1 aliphatic rings. The number of aliphatic imine (C=N–C) groups is 1. The standard InChI is InChI=1S/C22H33N5O4.HI/c1-22(2,3)31-21(30)26-14-9-13-25-20(23-4)24-12-7-8-15-27-18(28)16-10-5-6-11-17(16)19(27)29;/h5-6,10-11H,7-9,12-15H2,1-4H3,(H,26,30)(H2,23,24,25);1H. The molecule has 1 aromatic rings. The number of hydrogen-bond donors (Lipinski definition) is 3. The second kappa shape index (κ2) is 13.2. The lowest BCUT2D eigenvalue weighted by Crippen LogP contribution is -2.39. The number of nitrogens with one attached hydrogen (secondary N) is 3. The van der Waals surface area contributed by atoms with E-state index in [2.05, 4.69) is 20.9 Å². The highest BCUT2D eigenvalue weighted by atomic mass is 127. The minimum absolute atomic E-state index is 0. The van der Waals surface area contributed by atoms with Crippen LogP contribution in [0.25, 0.3) is 0 Å². The minimum atomic E-state index is -0.506. The van der Waals surface area contributed by atoms with Gasteiger partial charge in [0.05, 0.1) is 11.1 Å². The number of unbranched alkanes of at least 4 members (excludes halogenated alkanes) is 1. The van der Waals surface area contributed by atoms with Gasteiger partial charge in [-0.05, 0) is 52.2 Å². The predicted molar refractivity (Wildman–Crippen MR) is 135 cm³/mol. The largest absolute Gasteiger partial charge is 0.444 e. The fourth-order valence-electron chi connectivity index (χ4n) is 3.06. The molecule has 9 nitrogen and oxygen atoms in total. The maximum atomic E-state index is 12.3. The molecule has 0 saturated heterocycles. The van der Waals surface area contributed by atoms with Gasteiger partial charge in [-0.3, -0.25) is 19.5 Å². The smallest absolute Gasteiger partial charge is 0.407 e. The van der Waals surface area contributed by atoms with Crippen molar-refractivity contribution in [2.24, 2.45) is 4.99 Å². The first-order valence-corrected chi connectivity index (χ1v) is 10.6. The zero-order valence-electron chi connectivity index (χ0n) is 19.2. The van der Waals surface area contributed by atoms with Crippen LogP contribution in [0.2, 0.25) is 0 Å². The fraction of sp³-hybridized carbons (Fsp3) is 0.545. The number of imide groups is 1. The number of guanidine groups is 1. The first-order chi connectivity index (χ1) is 14.7. The van der Waals surface area contributed by atoms with Crippen molar-refractivity contribution in [2.75, 3.05) is 33.2 Å². The Balaban J connectivity index is 0.00000512. The van der Waals surface area contributed by atoms with Gasteiger partial charge in [0, 0.05) is 33.2 Å². The van der Waals surface area contributed by atoms with Gasteiger partial charge in [0.25, 0.3) is 11.8 Å². The summed E-state index contributed by atoms with van der Waals surface area (Å²) in [6, 6.07) is 6.92. The van der Waals surface area contributed by atoms with Crippen molar-refractivity contribution in [3.8, 4) is 0 Å². The predicted octanol–water partition coefficient (Wildman–Crippen LogP) is 2.76. The molecule has 3 N–H and O–H groups in total. The van der Waals surface area contributed by atoms with E-state index < -0.39 is 11.7 Å². The fourth-order valence-corrected chi connectivity index (χ4v) is 3.06. The second-order valence-electron chi connectivity index (χ2n) is 8.22. The Labute approximate surface area is 206 Å². The van der Waals surface area contributed by atoms with E-state index in [1.165, 1.54) is 4.90 Å². The Bertz CT molecular complexity index is 788. The van der Waals surface area contributed by atoms with Gasteiger partial charge >= 0.3 is 6.09 Å². The van der Waals surface area contributed by atoms with Crippen LogP contribution in [0.5, 0.6) is 0 Å². The van der Waals surface area contributed by atoms with Crippen LogP contribution in [0.3, 0.4) is 0 Å². The van der Waals surface area contributed by atoms with Gasteiger partial charge in [-0.15, -0.1) is 24.0 Å². The number of carbonyl (C=O) groups excluding carboxylic acids is 3. The highest BCUT2D eigenvalue weighted by Crippen LogP contribution is 2.22. The molecule has 1 heterocycles. The van der Waals surface area contributed by atoms with Gasteiger partial charge in [-0.2, -0.15) is 0 Å². The lowest BCUT2D eigenvalue weighted by molar-refractivity contribution is 0.0526. The minimum Gasteiger partial charge on any atom is -0.444 e. The zero-order chi connectivity index (χ0) is 22.9. The number of hydrogen-bond acceptors (Lipinski definition) is 5. The summed E-state index contributed by atoms with van der Waals surface area (Å²) in [7, 11) is 1.69. The van der Waals surface area contributed by atoms with E-state index in [4.69, 9.17) is 4.74 Å². The number of amides is 3. The maximum absolute atomic E-state index is 12.3. The molecule has 10 heteroatoms. The third kappa shape index (κ3) is 8.64. The molecule has 0 saturated carbocycles. The highest BCUT2D eigenvalue weighted by molar-refractivity contribution is 14.0. The van der Waals surface area contributed by atoms with Crippen molar-refractivity contribution in [1.29, 1.82) is 0 Å². The van der Waals surface area contributed by atoms with Crippen LogP contribution in [0.1, 0.15) is 60.7 Å². The van der Waals surface area contributed by atoms with Gasteiger partial charge in [-0.1, -0.05) is 12.1 Å². The molecule has 0 fully saturated rings. The summed E-state index contributed by atoms with van der Waals surface area (Å²) in [5, 5.41) is 9.09.